The van der Waals surface area contributed by atoms with Crippen LogP contribution in [0.25, 0.3) is 10.2 Å². The second kappa shape index (κ2) is 6.89. The van der Waals surface area contributed by atoms with E-state index >= 15 is 0 Å². The monoisotopic (exact) mass is 346 g/mol. The van der Waals surface area contributed by atoms with Crippen LogP contribution in [0.5, 0.6) is 0 Å². The van der Waals surface area contributed by atoms with E-state index < -0.39 is 12.1 Å². The van der Waals surface area contributed by atoms with E-state index in [4.69, 9.17) is 4.74 Å². The van der Waals surface area contributed by atoms with E-state index in [0.717, 1.165) is 29.5 Å². The van der Waals surface area contributed by atoms with E-state index in [9.17, 15) is 9.59 Å². The second-order valence-electron chi connectivity index (χ2n) is 6.46. The van der Waals surface area contributed by atoms with Gasteiger partial charge >= 0.3 is 5.97 Å². The van der Waals surface area contributed by atoms with Gasteiger partial charge in [0.25, 0.3) is 5.91 Å². The summed E-state index contributed by atoms with van der Waals surface area (Å²) in [6.07, 6.45) is 2.35. The molecule has 1 aliphatic rings. The summed E-state index contributed by atoms with van der Waals surface area (Å²) < 4.78 is 6.36. The lowest BCUT2D eigenvalue weighted by Crippen LogP contribution is -2.51. The summed E-state index contributed by atoms with van der Waals surface area (Å²) in [5.74, 6) is -0.578. The highest BCUT2D eigenvalue weighted by molar-refractivity contribution is 7.16. The molecule has 3 rings (SSSR count). The quantitative estimate of drug-likeness (QED) is 0.796. The van der Waals surface area contributed by atoms with Crippen molar-refractivity contribution in [1.82, 2.24) is 9.88 Å². The Morgan fingerprint density at radius 3 is 2.71 bits per heavy atom. The molecule has 0 bridgehead atoms. The highest BCUT2D eigenvalue weighted by Crippen LogP contribution is 2.24. The van der Waals surface area contributed by atoms with Gasteiger partial charge in [0.05, 0.1) is 21.3 Å². The number of likely N-dealkylation sites (tertiary alicyclic amines) is 1. The van der Waals surface area contributed by atoms with Gasteiger partial charge in [0, 0.05) is 12.1 Å². The molecule has 2 heterocycles. The molecule has 0 aliphatic carbocycles. The molecule has 0 unspecified atom stereocenters. The Balaban J connectivity index is 1.69. The van der Waals surface area contributed by atoms with E-state index in [-0.39, 0.29) is 18.0 Å². The van der Waals surface area contributed by atoms with Crippen LogP contribution in [0.4, 0.5) is 0 Å². The van der Waals surface area contributed by atoms with Crippen LogP contribution in [0.2, 0.25) is 0 Å². The molecule has 1 fully saturated rings. The van der Waals surface area contributed by atoms with Gasteiger partial charge in [-0.1, -0.05) is 0 Å². The van der Waals surface area contributed by atoms with Crippen LogP contribution in [0.15, 0.2) is 23.7 Å². The van der Waals surface area contributed by atoms with E-state index in [1.165, 1.54) is 11.3 Å². The zero-order valence-electron chi connectivity index (χ0n) is 14.2. The number of aromatic nitrogens is 1. The number of ether oxygens (including phenoxy) is 1. The van der Waals surface area contributed by atoms with Crippen molar-refractivity contribution in [2.75, 3.05) is 0 Å². The lowest BCUT2D eigenvalue weighted by molar-refractivity contribution is -0.146. The van der Waals surface area contributed by atoms with E-state index in [2.05, 4.69) is 18.8 Å². The summed E-state index contributed by atoms with van der Waals surface area (Å²) in [6, 6.07) is 5.63. The fraction of sp³-hybridized carbons (Fsp3) is 0.500. The number of fused-ring (bicyclic) bond motifs is 1. The van der Waals surface area contributed by atoms with Gasteiger partial charge in [0.15, 0.2) is 6.10 Å². The van der Waals surface area contributed by atoms with Crippen molar-refractivity contribution in [3.8, 4) is 0 Å². The van der Waals surface area contributed by atoms with Gasteiger partial charge in [0.1, 0.15) is 0 Å². The van der Waals surface area contributed by atoms with Gasteiger partial charge in [-0.25, -0.2) is 9.78 Å². The summed E-state index contributed by atoms with van der Waals surface area (Å²) in [6.45, 7) is 5.76. The Bertz CT molecular complexity index is 748. The fourth-order valence-electron chi connectivity index (χ4n) is 3.33. The number of esters is 1. The molecule has 1 saturated heterocycles. The molecule has 5 nitrogen and oxygen atoms in total. The van der Waals surface area contributed by atoms with Crippen LogP contribution in [0.1, 0.15) is 50.4 Å². The number of hydrogen-bond acceptors (Lipinski definition) is 5. The maximum absolute atomic E-state index is 12.7. The molecule has 1 aromatic carbocycles. The Hall–Kier alpha value is -1.95. The van der Waals surface area contributed by atoms with Crippen LogP contribution in [0.3, 0.4) is 0 Å². The zero-order chi connectivity index (χ0) is 17.3. The van der Waals surface area contributed by atoms with Crippen molar-refractivity contribution in [3.05, 3.63) is 29.3 Å². The van der Waals surface area contributed by atoms with Gasteiger partial charge in [-0.3, -0.25) is 4.79 Å². The minimum absolute atomic E-state index is 0.109. The Morgan fingerprint density at radius 1 is 1.29 bits per heavy atom. The van der Waals surface area contributed by atoms with Gasteiger partial charge in [-0.2, -0.15) is 0 Å². The number of amides is 1. The summed E-state index contributed by atoms with van der Waals surface area (Å²) in [4.78, 5) is 31.1. The molecule has 128 valence electrons. The second-order valence-corrected chi connectivity index (χ2v) is 7.34. The molecule has 24 heavy (non-hydrogen) atoms. The van der Waals surface area contributed by atoms with Gasteiger partial charge in [0.2, 0.25) is 0 Å². The molecule has 1 aliphatic heterocycles. The molecular formula is C18H22N2O3S. The first-order valence-electron chi connectivity index (χ1n) is 8.33. The molecule has 6 heteroatoms. The van der Waals surface area contributed by atoms with Crippen molar-refractivity contribution in [3.63, 3.8) is 0 Å². The summed E-state index contributed by atoms with van der Waals surface area (Å²) >= 11 is 1.47. The highest BCUT2D eigenvalue weighted by Gasteiger charge is 2.33. The first kappa shape index (κ1) is 16.9. The highest BCUT2D eigenvalue weighted by atomic mass is 32.1. The molecule has 0 spiro atoms. The van der Waals surface area contributed by atoms with Crippen LogP contribution in [-0.4, -0.2) is 39.9 Å². The molecule has 0 radical (unpaired) electrons. The number of hydrogen-bond donors (Lipinski definition) is 0. The van der Waals surface area contributed by atoms with E-state index in [1.54, 1.807) is 30.6 Å². The lowest BCUT2D eigenvalue weighted by Gasteiger charge is -2.40. The molecule has 1 aromatic heterocycles. The van der Waals surface area contributed by atoms with Crippen molar-refractivity contribution < 1.29 is 14.3 Å². The first-order valence-corrected chi connectivity index (χ1v) is 9.21. The largest absolute Gasteiger partial charge is 0.449 e. The van der Waals surface area contributed by atoms with E-state index in [1.807, 2.05) is 4.90 Å². The Kier molecular flexibility index (Phi) is 4.85. The van der Waals surface area contributed by atoms with Crippen molar-refractivity contribution in [1.29, 1.82) is 0 Å². The minimum Gasteiger partial charge on any atom is -0.449 e. The van der Waals surface area contributed by atoms with Crippen molar-refractivity contribution >= 4 is 33.4 Å². The average Bonchev–Trinajstić information content (AvgIpc) is 3.01. The summed E-state index contributed by atoms with van der Waals surface area (Å²) in [7, 11) is 0. The smallest absolute Gasteiger partial charge is 0.338 e. The first-order chi connectivity index (χ1) is 11.5. The Morgan fingerprint density at radius 2 is 2.00 bits per heavy atom. The van der Waals surface area contributed by atoms with Gasteiger partial charge in [-0.15, -0.1) is 11.3 Å². The topological polar surface area (TPSA) is 59.5 Å². The maximum Gasteiger partial charge on any atom is 0.338 e. The SMILES string of the molecule is C[C@H](OC(=O)c1ccc2ncsc2c1)C(=O)N1[C@@H](C)CCC[C@@H]1C. The van der Waals surface area contributed by atoms with Crippen LogP contribution in [0, 0.1) is 0 Å². The molecule has 0 saturated carbocycles. The molecule has 2 aromatic rings. The summed E-state index contributed by atoms with van der Waals surface area (Å²) in [5.41, 5.74) is 3.05. The molecular weight excluding hydrogens is 324 g/mol. The third kappa shape index (κ3) is 3.29. The number of nitrogens with zero attached hydrogens (tertiary/aromatic N) is 2. The third-order valence-corrected chi connectivity index (χ3v) is 5.44. The van der Waals surface area contributed by atoms with Crippen LogP contribution < -0.4 is 0 Å². The summed E-state index contributed by atoms with van der Waals surface area (Å²) in [5, 5.41) is 0. The zero-order valence-corrected chi connectivity index (χ0v) is 15.0. The van der Waals surface area contributed by atoms with Crippen LogP contribution >= 0.6 is 11.3 Å². The van der Waals surface area contributed by atoms with Gasteiger partial charge in [-0.05, 0) is 58.2 Å². The van der Waals surface area contributed by atoms with E-state index in [0.29, 0.717) is 5.56 Å². The number of rotatable bonds is 3. The Labute approximate surface area is 145 Å². The van der Waals surface area contributed by atoms with Gasteiger partial charge < -0.3 is 9.64 Å². The lowest BCUT2D eigenvalue weighted by atomic mass is 9.97. The molecule has 0 N–H and O–H groups in total. The maximum atomic E-state index is 12.7. The average molecular weight is 346 g/mol. The van der Waals surface area contributed by atoms with Crippen molar-refractivity contribution in [2.45, 2.75) is 58.2 Å². The number of benzene rings is 1. The fourth-order valence-corrected chi connectivity index (χ4v) is 4.04. The van der Waals surface area contributed by atoms with Crippen molar-refractivity contribution in [2.24, 2.45) is 0 Å². The molecule has 1 amide bonds. The predicted molar refractivity (Wildman–Crippen MR) is 94.1 cm³/mol. The molecule has 3 atom stereocenters. The minimum atomic E-state index is -0.780. The predicted octanol–water partition coefficient (Wildman–Crippen LogP) is 3.63. The van der Waals surface area contributed by atoms with Crippen LogP contribution in [-0.2, 0) is 9.53 Å². The number of piperidine rings is 1. The number of carbonyl (C=O) groups excluding carboxylic acids is 2. The number of carbonyl (C=O) groups is 2. The third-order valence-electron chi connectivity index (χ3n) is 4.65. The normalized spacial score (nSPS) is 22.4. The number of thiazole rings is 1. The standard InChI is InChI=1S/C18H22N2O3S/c1-11-5-4-6-12(2)20(11)17(21)13(3)23-18(22)14-7-8-15-16(9-14)24-10-19-15/h7-13H,4-6H2,1-3H3/t11-,12-,13-/m0/s1.